The van der Waals surface area contributed by atoms with Gasteiger partial charge in [0, 0.05) is 6.54 Å². The number of hydrogen-bond acceptors (Lipinski definition) is 5. The van der Waals surface area contributed by atoms with Gasteiger partial charge in [0.15, 0.2) is 0 Å². The van der Waals surface area contributed by atoms with Crippen molar-refractivity contribution in [1.29, 1.82) is 0 Å². The van der Waals surface area contributed by atoms with Gasteiger partial charge in [0.25, 0.3) is 5.56 Å². The number of rotatable bonds is 5. The molecule has 3 aromatic rings. The zero-order valence-electron chi connectivity index (χ0n) is 13.6. The highest BCUT2D eigenvalue weighted by Crippen LogP contribution is 2.12. The van der Waals surface area contributed by atoms with Gasteiger partial charge >= 0.3 is 0 Å². The number of benzene rings is 2. The molecule has 6 heteroatoms. The number of anilines is 1. The summed E-state index contributed by atoms with van der Waals surface area (Å²) in [7, 11) is 1.63. The number of fused-ring (bicyclic) bond motifs is 1. The van der Waals surface area contributed by atoms with Crippen molar-refractivity contribution in [2.75, 3.05) is 12.5 Å². The molecule has 0 bridgehead atoms. The Morgan fingerprint density at radius 3 is 2.67 bits per heavy atom. The van der Waals surface area contributed by atoms with Crippen LogP contribution in [-0.4, -0.2) is 22.9 Å². The molecule has 0 aliphatic carbocycles. The summed E-state index contributed by atoms with van der Waals surface area (Å²) in [6.45, 7) is 2.41. The third kappa shape index (κ3) is 3.12. The van der Waals surface area contributed by atoms with Crippen LogP contribution in [0.2, 0.25) is 0 Å². The largest absolute Gasteiger partial charge is 0.497 e. The van der Waals surface area contributed by atoms with E-state index < -0.39 is 0 Å². The summed E-state index contributed by atoms with van der Waals surface area (Å²) in [6.07, 6.45) is 1.67. The van der Waals surface area contributed by atoms with Gasteiger partial charge in [0.1, 0.15) is 5.75 Å². The lowest BCUT2D eigenvalue weighted by molar-refractivity contribution is 0.415. The second kappa shape index (κ2) is 6.95. The number of para-hydroxylation sites is 1. The molecule has 0 aliphatic rings. The van der Waals surface area contributed by atoms with E-state index in [2.05, 4.69) is 15.5 Å². The Bertz CT molecular complexity index is 930. The first-order valence-electron chi connectivity index (χ1n) is 7.65. The third-order valence-corrected chi connectivity index (χ3v) is 3.67. The molecule has 0 saturated carbocycles. The maximum absolute atomic E-state index is 12.5. The topological polar surface area (TPSA) is 68.5 Å². The van der Waals surface area contributed by atoms with Crippen molar-refractivity contribution in [3.8, 4) is 5.75 Å². The predicted octanol–water partition coefficient (Wildman–Crippen LogP) is 2.87. The van der Waals surface area contributed by atoms with E-state index in [4.69, 9.17) is 4.74 Å². The minimum absolute atomic E-state index is 0.0785. The summed E-state index contributed by atoms with van der Waals surface area (Å²) in [4.78, 5) is 17.0. The average molecular weight is 322 g/mol. The fourth-order valence-electron chi connectivity index (χ4n) is 2.40. The van der Waals surface area contributed by atoms with Crippen molar-refractivity contribution < 1.29 is 4.74 Å². The summed E-state index contributed by atoms with van der Waals surface area (Å²) < 4.78 is 6.68. The molecule has 3 rings (SSSR count). The van der Waals surface area contributed by atoms with Crippen LogP contribution in [0, 0.1) is 0 Å². The number of hydrogen-bond donors (Lipinski definition) is 1. The van der Waals surface area contributed by atoms with Crippen molar-refractivity contribution in [2.45, 2.75) is 13.5 Å². The molecule has 2 aromatic carbocycles. The molecule has 0 aliphatic heterocycles. The number of hydrazone groups is 1. The van der Waals surface area contributed by atoms with E-state index in [0.29, 0.717) is 23.4 Å². The van der Waals surface area contributed by atoms with Crippen LogP contribution in [0.3, 0.4) is 0 Å². The van der Waals surface area contributed by atoms with Gasteiger partial charge in [-0.2, -0.15) is 5.10 Å². The van der Waals surface area contributed by atoms with Gasteiger partial charge in [-0.25, -0.2) is 10.4 Å². The SMILES string of the molecule is CCn1c(N/N=C\c2ccc(OC)cc2)nc2ccccc2c1=O. The number of nitrogens with zero attached hydrogens (tertiary/aromatic N) is 3. The highest BCUT2D eigenvalue weighted by atomic mass is 16.5. The van der Waals surface area contributed by atoms with Crippen molar-refractivity contribution in [1.82, 2.24) is 9.55 Å². The molecule has 122 valence electrons. The van der Waals surface area contributed by atoms with Crippen LogP contribution < -0.4 is 15.7 Å². The molecule has 1 aromatic heterocycles. The van der Waals surface area contributed by atoms with Gasteiger partial charge < -0.3 is 4.74 Å². The molecule has 0 spiro atoms. The Morgan fingerprint density at radius 1 is 1.21 bits per heavy atom. The van der Waals surface area contributed by atoms with Gasteiger partial charge in [-0.3, -0.25) is 9.36 Å². The zero-order chi connectivity index (χ0) is 16.9. The quantitative estimate of drug-likeness (QED) is 0.579. The van der Waals surface area contributed by atoms with E-state index in [1.54, 1.807) is 24.0 Å². The molecule has 1 heterocycles. The highest BCUT2D eigenvalue weighted by molar-refractivity contribution is 5.81. The fraction of sp³-hybridized carbons (Fsp3) is 0.167. The van der Waals surface area contributed by atoms with Gasteiger partial charge in [0.2, 0.25) is 5.95 Å². The Morgan fingerprint density at radius 2 is 1.96 bits per heavy atom. The molecule has 6 nitrogen and oxygen atoms in total. The Kier molecular flexibility index (Phi) is 4.56. The van der Waals surface area contributed by atoms with E-state index in [-0.39, 0.29) is 5.56 Å². The predicted molar refractivity (Wildman–Crippen MR) is 95.9 cm³/mol. The third-order valence-electron chi connectivity index (χ3n) is 3.67. The van der Waals surface area contributed by atoms with Crippen LogP contribution in [0.1, 0.15) is 12.5 Å². The molecule has 0 radical (unpaired) electrons. The lowest BCUT2D eigenvalue weighted by Gasteiger charge is -2.10. The lowest BCUT2D eigenvalue weighted by Crippen LogP contribution is -2.23. The smallest absolute Gasteiger partial charge is 0.262 e. The number of methoxy groups -OCH3 is 1. The van der Waals surface area contributed by atoms with Gasteiger partial charge in [-0.1, -0.05) is 12.1 Å². The van der Waals surface area contributed by atoms with E-state index in [1.807, 2.05) is 49.4 Å². The monoisotopic (exact) mass is 322 g/mol. The molecule has 0 atom stereocenters. The molecule has 0 amide bonds. The molecule has 1 N–H and O–H groups in total. The van der Waals surface area contributed by atoms with Crippen LogP contribution in [0.5, 0.6) is 5.75 Å². The summed E-state index contributed by atoms with van der Waals surface area (Å²) in [6, 6.07) is 14.8. The molecular formula is C18H18N4O2. The van der Waals surface area contributed by atoms with Crippen LogP contribution in [0.15, 0.2) is 58.4 Å². The summed E-state index contributed by atoms with van der Waals surface area (Å²) in [5, 5.41) is 4.79. The Hall–Kier alpha value is -3.15. The Labute approximate surface area is 139 Å². The van der Waals surface area contributed by atoms with Crippen molar-refractivity contribution in [3.05, 3.63) is 64.4 Å². The van der Waals surface area contributed by atoms with Crippen LogP contribution in [0.4, 0.5) is 5.95 Å². The summed E-state index contributed by atoms with van der Waals surface area (Å²) >= 11 is 0. The molecule has 0 fully saturated rings. The first-order chi connectivity index (χ1) is 11.7. The van der Waals surface area contributed by atoms with Crippen molar-refractivity contribution >= 4 is 23.1 Å². The summed E-state index contributed by atoms with van der Waals surface area (Å²) in [5.74, 6) is 1.21. The normalized spacial score (nSPS) is 11.1. The van der Waals surface area contributed by atoms with E-state index >= 15 is 0 Å². The van der Waals surface area contributed by atoms with Crippen molar-refractivity contribution in [3.63, 3.8) is 0 Å². The second-order valence-electron chi connectivity index (χ2n) is 5.15. The molecule has 0 saturated heterocycles. The minimum atomic E-state index is -0.0785. The van der Waals surface area contributed by atoms with E-state index in [9.17, 15) is 4.79 Å². The maximum Gasteiger partial charge on any atom is 0.262 e. The van der Waals surface area contributed by atoms with E-state index in [1.165, 1.54) is 0 Å². The van der Waals surface area contributed by atoms with Gasteiger partial charge in [-0.05, 0) is 48.9 Å². The number of ether oxygens (including phenoxy) is 1. The van der Waals surface area contributed by atoms with Crippen LogP contribution in [-0.2, 0) is 6.54 Å². The van der Waals surface area contributed by atoms with Gasteiger partial charge in [-0.15, -0.1) is 0 Å². The number of aromatic nitrogens is 2. The lowest BCUT2D eigenvalue weighted by atomic mass is 10.2. The molecule has 0 unspecified atom stereocenters. The highest BCUT2D eigenvalue weighted by Gasteiger charge is 2.08. The Balaban J connectivity index is 1.88. The molecule has 24 heavy (non-hydrogen) atoms. The standard InChI is InChI=1S/C18H18N4O2/c1-3-22-17(23)15-6-4-5-7-16(15)20-18(22)21-19-12-13-8-10-14(24-2)11-9-13/h4-12H,3H2,1-2H3,(H,20,21)/b19-12-. The first kappa shape index (κ1) is 15.7. The maximum atomic E-state index is 12.5. The number of nitrogens with one attached hydrogen (secondary N) is 1. The average Bonchev–Trinajstić information content (AvgIpc) is 2.63. The molecular weight excluding hydrogens is 304 g/mol. The van der Waals surface area contributed by atoms with Gasteiger partial charge in [0.05, 0.1) is 24.2 Å². The van der Waals surface area contributed by atoms with Crippen LogP contribution >= 0.6 is 0 Å². The fourth-order valence-corrected chi connectivity index (χ4v) is 2.40. The van der Waals surface area contributed by atoms with Crippen molar-refractivity contribution in [2.24, 2.45) is 5.10 Å². The van der Waals surface area contributed by atoms with E-state index in [0.717, 1.165) is 11.3 Å². The zero-order valence-corrected chi connectivity index (χ0v) is 13.6. The minimum Gasteiger partial charge on any atom is -0.497 e. The second-order valence-corrected chi connectivity index (χ2v) is 5.15. The summed E-state index contributed by atoms with van der Waals surface area (Å²) in [5.41, 5.74) is 4.34. The van der Waals surface area contributed by atoms with Crippen LogP contribution in [0.25, 0.3) is 10.9 Å². The first-order valence-corrected chi connectivity index (χ1v) is 7.65.